The maximum absolute atomic E-state index is 12.6. The first kappa shape index (κ1) is 14.3. The fraction of sp³-hybridized carbons (Fsp3) is 0.375. The van der Waals surface area contributed by atoms with Crippen LogP contribution in [0.2, 0.25) is 0 Å². The molecule has 0 atom stereocenters. The molecule has 0 amide bonds. The molecule has 0 radical (unpaired) electrons. The van der Waals surface area contributed by atoms with Crippen molar-refractivity contribution >= 4 is 16.9 Å². The zero-order valence-electron chi connectivity index (χ0n) is 12.0. The Morgan fingerprint density at radius 1 is 1.30 bits per heavy atom. The van der Waals surface area contributed by atoms with Crippen LogP contribution in [0.4, 0.5) is 0 Å². The summed E-state index contributed by atoms with van der Waals surface area (Å²) in [7, 11) is 0. The molecule has 0 saturated carbocycles. The largest absolute Gasteiger partial charge is 0.478 e. The van der Waals surface area contributed by atoms with E-state index in [1.54, 1.807) is 6.07 Å². The van der Waals surface area contributed by atoms with E-state index >= 15 is 0 Å². The van der Waals surface area contributed by atoms with Crippen LogP contribution >= 0.6 is 0 Å². The highest BCUT2D eigenvalue weighted by Crippen LogP contribution is 2.20. The number of aryl methyl sites for hydroxylation is 2. The first-order valence-corrected chi connectivity index (χ1v) is 6.91. The Balaban J connectivity index is 2.88. The van der Waals surface area contributed by atoms with Crippen LogP contribution in [0.5, 0.6) is 0 Å². The highest BCUT2D eigenvalue weighted by molar-refractivity contribution is 5.95. The van der Waals surface area contributed by atoms with Gasteiger partial charge in [-0.2, -0.15) is 0 Å². The highest BCUT2D eigenvalue weighted by atomic mass is 16.4. The number of pyridine rings is 1. The fourth-order valence-electron chi connectivity index (χ4n) is 2.58. The van der Waals surface area contributed by atoms with Gasteiger partial charge in [-0.25, -0.2) is 4.79 Å². The smallest absolute Gasteiger partial charge is 0.335 e. The van der Waals surface area contributed by atoms with E-state index in [0.29, 0.717) is 18.2 Å². The SMILES string of the molecule is CCCc1c(C)[nH]c2c(CC)cc(C(=O)O)cc2c1=O. The van der Waals surface area contributed by atoms with E-state index in [4.69, 9.17) is 0 Å². The molecule has 0 unspecified atom stereocenters. The van der Waals surface area contributed by atoms with Crippen LogP contribution in [0.3, 0.4) is 0 Å². The molecule has 106 valence electrons. The van der Waals surface area contributed by atoms with E-state index in [0.717, 1.165) is 28.8 Å². The summed E-state index contributed by atoms with van der Waals surface area (Å²) >= 11 is 0. The number of carbonyl (C=O) groups is 1. The van der Waals surface area contributed by atoms with Crippen molar-refractivity contribution in [3.8, 4) is 0 Å². The van der Waals surface area contributed by atoms with E-state index < -0.39 is 5.97 Å². The quantitative estimate of drug-likeness (QED) is 0.899. The molecule has 0 aliphatic rings. The second-order valence-electron chi connectivity index (χ2n) is 5.02. The van der Waals surface area contributed by atoms with Gasteiger partial charge in [0.2, 0.25) is 0 Å². The lowest BCUT2D eigenvalue weighted by Crippen LogP contribution is -2.15. The van der Waals surface area contributed by atoms with Crippen LogP contribution in [-0.4, -0.2) is 16.1 Å². The van der Waals surface area contributed by atoms with Crippen LogP contribution in [0.1, 0.15) is 47.4 Å². The van der Waals surface area contributed by atoms with E-state index in [2.05, 4.69) is 4.98 Å². The molecule has 2 rings (SSSR count). The van der Waals surface area contributed by atoms with Crippen LogP contribution in [0.15, 0.2) is 16.9 Å². The molecule has 1 heterocycles. The minimum atomic E-state index is -1.00. The Morgan fingerprint density at radius 2 is 2.00 bits per heavy atom. The van der Waals surface area contributed by atoms with Crippen LogP contribution in [-0.2, 0) is 12.8 Å². The van der Waals surface area contributed by atoms with E-state index in [-0.39, 0.29) is 11.0 Å². The molecule has 2 aromatic rings. The lowest BCUT2D eigenvalue weighted by Gasteiger charge is -2.11. The summed E-state index contributed by atoms with van der Waals surface area (Å²) in [5, 5.41) is 9.65. The third-order valence-corrected chi connectivity index (χ3v) is 3.63. The number of rotatable bonds is 4. The fourth-order valence-corrected chi connectivity index (χ4v) is 2.58. The lowest BCUT2D eigenvalue weighted by molar-refractivity contribution is 0.0697. The van der Waals surface area contributed by atoms with Crippen molar-refractivity contribution in [1.82, 2.24) is 4.98 Å². The van der Waals surface area contributed by atoms with E-state index in [1.165, 1.54) is 6.07 Å². The van der Waals surface area contributed by atoms with Crippen LogP contribution < -0.4 is 5.43 Å². The zero-order valence-corrected chi connectivity index (χ0v) is 12.0. The summed E-state index contributed by atoms with van der Waals surface area (Å²) in [6.45, 7) is 5.87. The topological polar surface area (TPSA) is 70.2 Å². The molecule has 0 saturated heterocycles. The monoisotopic (exact) mass is 273 g/mol. The molecular weight excluding hydrogens is 254 g/mol. The summed E-state index contributed by atoms with van der Waals surface area (Å²) in [5.74, 6) is -1.00. The third kappa shape index (κ3) is 2.33. The molecule has 4 nitrogen and oxygen atoms in total. The Hall–Kier alpha value is -2.10. The summed E-state index contributed by atoms with van der Waals surface area (Å²) in [6.07, 6.45) is 2.27. The average molecular weight is 273 g/mol. The molecule has 4 heteroatoms. The normalized spacial score (nSPS) is 10.9. The van der Waals surface area contributed by atoms with Crippen molar-refractivity contribution in [3.63, 3.8) is 0 Å². The number of H-pyrrole nitrogens is 1. The maximum atomic E-state index is 12.6. The van der Waals surface area contributed by atoms with Gasteiger partial charge in [0.05, 0.1) is 11.1 Å². The van der Waals surface area contributed by atoms with Gasteiger partial charge in [-0.1, -0.05) is 20.3 Å². The molecule has 0 spiro atoms. The summed E-state index contributed by atoms with van der Waals surface area (Å²) in [6, 6.07) is 3.12. The van der Waals surface area contributed by atoms with Gasteiger partial charge < -0.3 is 10.1 Å². The number of carboxylic acids is 1. The number of fused-ring (bicyclic) bond motifs is 1. The molecule has 0 bridgehead atoms. The number of benzene rings is 1. The Bertz CT molecular complexity index is 729. The minimum absolute atomic E-state index is 0.0455. The van der Waals surface area contributed by atoms with Crippen molar-refractivity contribution in [1.29, 1.82) is 0 Å². The van der Waals surface area contributed by atoms with Gasteiger partial charge in [0.25, 0.3) is 0 Å². The van der Waals surface area contributed by atoms with Gasteiger partial charge in [0, 0.05) is 16.6 Å². The Kier molecular flexibility index (Phi) is 3.93. The number of nitrogens with one attached hydrogen (secondary N) is 1. The number of aromatic amines is 1. The second kappa shape index (κ2) is 5.49. The molecule has 1 aromatic carbocycles. The maximum Gasteiger partial charge on any atom is 0.335 e. The van der Waals surface area contributed by atoms with Crippen LogP contribution in [0, 0.1) is 6.92 Å². The first-order valence-electron chi connectivity index (χ1n) is 6.91. The third-order valence-electron chi connectivity index (χ3n) is 3.63. The van der Waals surface area contributed by atoms with Crippen molar-refractivity contribution in [2.45, 2.75) is 40.0 Å². The number of hydrogen-bond acceptors (Lipinski definition) is 2. The zero-order chi connectivity index (χ0) is 14.9. The molecule has 2 N–H and O–H groups in total. The predicted octanol–water partition coefficient (Wildman–Crippen LogP) is 3.05. The molecule has 0 aliphatic heterocycles. The lowest BCUT2D eigenvalue weighted by atomic mass is 9.99. The van der Waals surface area contributed by atoms with Crippen molar-refractivity contribution in [2.75, 3.05) is 0 Å². The van der Waals surface area contributed by atoms with Crippen molar-refractivity contribution in [3.05, 3.63) is 44.7 Å². The van der Waals surface area contributed by atoms with Gasteiger partial charge >= 0.3 is 5.97 Å². The molecule has 0 fully saturated rings. The Labute approximate surface area is 117 Å². The minimum Gasteiger partial charge on any atom is -0.478 e. The standard InChI is InChI=1S/C16H19NO3/c1-4-6-12-9(3)17-14-10(5-2)7-11(16(19)20)8-13(14)15(12)18/h7-8H,4-6H2,1-3H3,(H,17,18)(H,19,20). The molecule has 0 aliphatic carbocycles. The predicted molar refractivity (Wildman–Crippen MR) is 79.6 cm³/mol. The summed E-state index contributed by atoms with van der Waals surface area (Å²) in [5.41, 5.74) is 3.39. The summed E-state index contributed by atoms with van der Waals surface area (Å²) in [4.78, 5) is 27.0. The number of aromatic nitrogens is 1. The first-order chi connectivity index (χ1) is 9.49. The van der Waals surface area contributed by atoms with Gasteiger partial charge in [-0.15, -0.1) is 0 Å². The molecule has 1 aromatic heterocycles. The number of aromatic carboxylic acids is 1. The molecule has 20 heavy (non-hydrogen) atoms. The molecular formula is C16H19NO3. The van der Waals surface area contributed by atoms with E-state index in [9.17, 15) is 14.7 Å². The number of carboxylic acid groups (broad SMARTS) is 1. The van der Waals surface area contributed by atoms with Crippen LogP contribution in [0.25, 0.3) is 10.9 Å². The van der Waals surface area contributed by atoms with E-state index in [1.807, 2.05) is 20.8 Å². The number of hydrogen-bond donors (Lipinski definition) is 2. The van der Waals surface area contributed by atoms with Crippen molar-refractivity contribution < 1.29 is 9.90 Å². The highest BCUT2D eigenvalue weighted by Gasteiger charge is 2.14. The van der Waals surface area contributed by atoms with Gasteiger partial charge in [0.1, 0.15) is 0 Å². The second-order valence-corrected chi connectivity index (χ2v) is 5.02. The summed E-state index contributed by atoms with van der Waals surface area (Å²) < 4.78 is 0. The van der Waals surface area contributed by atoms with Gasteiger partial charge in [0.15, 0.2) is 5.43 Å². The van der Waals surface area contributed by atoms with Crippen molar-refractivity contribution in [2.24, 2.45) is 0 Å². The van der Waals surface area contributed by atoms with Gasteiger partial charge in [-0.05, 0) is 37.5 Å². The van der Waals surface area contributed by atoms with Gasteiger partial charge in [-0.3, -0.25) is 4.79 Å². The average Bonchev–Trinajstić information content (AvgIpc) is 2.42. The Morgan fingerprint density at radius 3 is 2.55 bits per heavy atom.